The van der Waals surface area contributed by atoms with Crippen molar-refractivity contribution in [3.05, 3.63) is 106 Å². The zero-order chi connectivity index (χ0) is 53.6. The molecule has 1 aliphatic heterocycles. The van der Waals surface area contributed by atoms with Crippen LogP contribution in [-0.2, 0) is 39.9 Å². The van der Waals surface area contributed by atoms with Crippen molar-refractivity contribution < 1.29 is 67.9 Å². The zero-order valence-corrected chi connectivity index (χ0v) is 41.2. The number of rotatable bonds is 31. The molecule has 5 rings (SSSR count). The van der Waals surface area contributed by atoms with E-state index in [1.807, 2.05) is 30.3 Å². The minimum Gasteiger partial charge on any atom is -0.508 e. The van der Waals surface area contributed by atoms with Gasteiger partial charge in [0.2, 0.25) is 5.91 Å². The number of phenols is 1. The average molecular weight is 1040 g/mol. The van der Waals surface area contributed by atoms with E-state index >= 15 is 0 Å². The molecule has 1 heterocycles. The number of carbonyl (C=O) groups excluding carboxylic acids is 5. The molecule has 1 aliphatic carbocycles. The number of carboxylic acid groups (broad SMARTS) is 3. The van der Waals surface area contributed by atoms with Crippen molar-refractivity contribution in [3.63, 3.8) is 0 Å². The van der Waals surface area contributed by atoms with E-state index in [9.17, 15) is 58.5 Å². The van der Waals surface area contributed by atoms with Crippen molar-refractivity contribution in [2.24, 2.45) is 5.92 Å². The van der Waals surface area contributed by atoms with Gasteiger partial charge in [-0.2, -0.15) is 0 Å². The summed E-state index contributed by atoms with van der Waals surface area (Å²) in [6, 6.07) is 20.4. The monoisotopic (exact) mass is 1040 g/mol. The van der Waals surface area contributed by atoms with E-state index in [4.69, 9.17) is 21.7 Å². The molecule has 0 unspecified atom stereocenters. The van der Waals surface area contributed by atoms with E-state index < -0.39 is 48.5 Å². The highest BCUT2D eigenvalue weighted by atomic mass is 32.1. The first-order chi connectivity index (χ1) is 35.5. The zero-order valence-electron chi connectivity index (χ0n) is 40.4. The number of carbonyl (C=O) groups is 8. The van der Waals surface area contributed by atoms with E-state index in [1.54, 1.807) is 24.3 Å². The van der Waals surface area contributed by atoms with Gasteiger partial charge in [-0.25, -0.2) is 14.4 Å². The molecule has 3 amide bonds. The number of urea groups is 1. The van der Waals surface area contributed by atoms with Crippen LogP contribution in [0, 0.1) is 5.92 Å². The summed E-state index contributed by atoms with van der Waals surface area (Å²) in [5.74, 6) is -4.94. The van der Waals surface area contributed by atoms with Gasteiger partial charge in [-0.1, -0.05) is 55.7 Å². The molecule has 0 radical (unpaired) electrons. The fourth-order valence-electron chi connectivity index (χ4n) is 8.23. The Hall–Kier alpha value is -8.20. The predicted octanol–water partition coefficient (Wildman–Crippen LogP) is 6.78. The summed E-state index contributed by atoms with van der Waals surface area (Å²) in [6.45, 7) is 0.697. The van der Waals surface area contributed by atoms with Crippen molar-refractivity contribution in [2.75, 3.05) is 18.4 Å². The van der Waals surface area contributed by atoms with Crippen LogP contribution in [0.25, 0.3) is 33.4 Å². The third-order valence-electron chi connectivity index (χ3n) is 11.9. The van der Waals surface area contributed by atoms with Crippen molar-refractivity contribution >= 4 is 81.9 Å². The molecular weight excluding hydrogens is 979 g/mol. The Morgan fingerprint density at radius 1 is 0.716 bits per heavy atom. The van der Waals surface area contributed by atoms with Crippen molar-refractivity contribution in [1.82, 2.24) is 21.3 Å². The Balaban J connectivity index is 1.01. The summed E-state index contributed by atoms with van der Waals surface area (Å²) < 4.78 is 10.5. The molecule has 3 aromatic carbocycles. The SMILES string of the molecule is O=CO[C@H](CCC(=O)O)NC(=O)N[C@@H](CCC(=O)CCCNC(=O)[C@@H](CC(=O)CCCCCCCNC(=S)Nc1ccc(-c2c3ccc(=O)cc-3oc3cc(O)ccc23)c(C(=O)O)c1)Cc1ccccc1)C(=O)O. The second-order valence-corrected chi connectivity index (χ2v) is 18.0. The standard InChI is InChI=1S/C53H59N5O15S/c59-31-72-46(22-23-47(64)65)58-52(71)57-43(51(69)70)21-17-35(60)13-9-25-54-49(66)33(26-32-10-5-4-6-11-32)27-36(61)12-7-2-1-3-8-24-55-53(74)56-34-14-18-39(42(28-34)50(67)68)48-40-19-15-37(62)29-44(40)73-45-30-38(63)16-20-41(45)48/h4-6,10-11,14-16,18-20,28-31,33,43,46,62H,1-3,7-9,12-13,17,21-27H2,(H,54,66)(H,64,65)(H,67,68)(H,69,70)(H2,55,56,74)(H2,57,58,71)/t33-,43+,46-/m1/s1. The lowest BCUT2D eigenvalue weighted by Gasteiger charge is -2.19. The molecule has 0 bridgehead atoms. The molecule has 0 spiro atoms. The summed E-state index contributed by atoms with van der Waals surface area (Å²) in [4.78, 5) is 110. The van der Waals surface area contributed by atoms with Gasteiger partial charge < -0.3 is 56.2 Å². The molecule has 3 atom stereocenters. The highest BCUT2D eigenvalue weighted by Crippen LogP contribution is 2.42. The number of amides is 3. The fourth-order valence-corrected chi connectivity index (χ4v) is 8.45. The predicted molar refractivity (Wildman–Crippen MR) is 276 cm³/mol. The van der Waals surface area contributed by atoms with Crippen molar-refractivity contribution in [1.29, 1.82) is 0 Å². The number of aromatic carboxylic acids is 1. The van der Waals surface area contributed by atoms with E-state index in [0.29, 0.717) is 58.7 Å². The van der Waals surface area contributed by atoms with Crippen LogP contribution < -0.4 is 32.0 Å². The highest BCUT2D eigenvalue weighted by Gasteiger charge is 2.26. The Morgan fingerprint density at radius 2 is 1.43 bits per heavy atom. The Morgan fingerprint density at radius 3 is 2.16 bits per heavy atom. The third-order valence-corrected chi connectivity index (χ3v) is 12.2. The number of aromatic hydroxyl groups is 1. The largest absolute Gasteiger partial charge is 0.508 e. The number of aliphatic carboxylic acids is 2. The lowest BCUT2D eigenvalue weighted by molar-refractivity contribution is -0.141. The number of thiocarbonyl (C=S) groups is 1. The van der Waals surface area contributed by atoms with E-state index in [0.717, 1.165) is 31.2 Å². The number of hydrogen-bond donors (Lipinski definition) is 9. The number of ketones is 2. The molecule has 0 aromatic heterocycles. The Labute approximate surface area is 430 Å². The van der Waals surface area contributed by atoms with Gasteiger partial charge in [0.05, 0.1) is 12.0 Å². The van der Waals surface area contributed by atoms with Crippen LogP contribution >= 0.6 is 12.2 Å². The topological polar surface area (TPSA) is 317 Å². The molecule has 74 heavy (non-hydrogen) atoms. The maximum absolute atomic E-state index is 13.4. The molecule has 0 fully saturated rings. The van der Waals surface area contributed by atoms with Crippen LogP contribution in [0.3, 0.4) is 0 Å². The average Bonchev–Trinajstić information content (AvgIpc) is 3.35. The second kappa shape index (κ2) is 28.7. The van der Waals surface area contributed by atoms with Gasteiger partial charge in [0.25, 0.3) is 6.47 Å². The smallest absolute Gasteiger partial charge is 0.336 e. The first-order valence-corrected chi connectivity index (χ1v) is 24.5. The molecule has 2 aliphatic rings. The first kappa shape index (κ1) is 56.7. The first-order valence-electron chi connectivity index (χ1n) is 24.1. The summed E-state index contributed by atoms with van der Waals surface area (Å²) in [7, 11) is 0. The summed E-state index contributed by atoms with van der Waals surface area (Å²) in [5, 5.41) is 53.0. The van der Waals surface area contributed by atoms with Crippen LogP contribution in [0.1, 0.15) is 99.4 Å². The minimum atomic E-state index is -1.47. The molecular formula is C53H59N5O15S. The number of benzene rings is 4. The second-order valence-electron chi connectivity index (χ2n) is 17.5. The van der Waals surface area contributed by atoms with Gasteiger partial charge in [-0.15, -0.1) is 0 Å². The van der Waals surface area contributed by atoms with Crippen LogP contribution in [0.5, 0.6) is 5.75 Å². The maximum Gasteiger partial charge on any atom is 0.336 e. The number of ether oxygens (including phenoxy) is 1. The van der Waals surface area contributed by atoms with Gasteiger partial charge >= 0.3 is 23.9 Å². The number of nitrogens with one attached hydrogen (secondary N) is 5. The number of anilines is 1. The van der Waals surface area contributed by atoms with E-state index in [1.165, 1.54) is 30.3 Å². The molecule has 21 heteroatoms. The Kier molecular flexibility index (Phi) is 22.0. The number of Topliss-reactive ketones (excluding diaryl/α,β-unsaturated/α-hetero) is 2. The third kappa shape index (κ3) is 18.1. The number of hydrogen-bond acceptors (Lipinski definition) is 13. The quantitative estimate of drug-likeness (QED) is 0.00726. The fraction of sp³-hybridized carbons (Fsp3) is 0.358. The number of carboxylic acids is 3. The van der Waals surface area contributed by atoms with Crippen LogP contribution in [0.4, 0.5) is 10.5 Å². The summed E-state index contributed by atoms with van der Waals surface area (Å²) in [6.07, 6.45) is 2.42. The number of fused-ring (bicyclic) bond motifs is 2. The lowest BCUT2D eigenvalue weighted by atomic mass is 9.90. The molecule has 3 aromatic rings. The maximum atomic E-state index is 13.4. The van der Waals surface area contributed by atoms with Crippen molar-refractivity contribution in [3.8, 4) is 28.2 Å². The lowest BCUT2D eigenvalue weighted by Crippen LogP contribution is -2.49. The van der Waals surface area contributed by atoms with Gasteiger partial charge in [0.15, 0.2) is 16.8 Å². The number of unbranched alkanes of at least 4 members (excludes halogenated alkanes) is 4. The van der Waals surface area contributed by atoms with Crippen LogP contribution in [0.15, 0.2) is 94.1 Å². The van der Waals surface area contributed by atoms with Gasteiger partial charge in [0, 0.05) is 85.4 Å². The van der Waals surface area contributed by atoms with Gasteiger partial charge in [-0.3, -0.25) is 28.8 Å². The molecule has 0 saturated heterocycles. The number of phenolic OH excluding ortho intramolecular Hbond substituents is 1. The Bertz CT molecular complexity index is 2840. The van der Waals surface area contributed by atoms with Crippen molar-refractivity contribution in [2.45, 2.75) is 102 Å². The summed E-state index contributed by atoms with van der Waals surface area (Å²) >= 11 is 5.50. The van der Waals surface area contributed by atoms with Gasteiger partial charge in [0.1, 0.15) is 34.7 Å². The van der Waals surface area contributed by atoms with E-state index in [-0.39, 0.29) is 97.1 Å². The van der Waals surface area contributed by atoms with E-state index in [2.05, 4.69) is 31.3 Å². The molecule has 0 saturated carbocycles. The molecule has 392 valence electrons. The normalized spacial score (nSPS) is 12.2. The van der Waals surface area contributed by atoms with Crippen LogP contribution in [-0.4, -0.2) is 98.8 Å². The summed E-state index contributed by atoms with van der Waals surface area (Å²) in [5.41, 5.74) is 2.72. The molecule has 9 N–H and O–H groups in total. The highest BCUT2D eigenvalue weighted by molar-refractivity contribution is 7.80. The minimum absolute atomic E-state index is 0.0145. The van der Waals surface area contributed by atoms with Gasteiger partial charge in [-0.05, 0) is 91.8 Å². The molecule has 20 nitrogen and oxygen atoms in total. The van der Waals surface area contributed by atoms with Crippen LogP contribution in [0.2, 0.25) is 0 Å².